The quantitative estimate of drug-likeness (QED) is 0.282. The first-order valence-electron chi connectivity index (χ1n) is 11.2. The van der Waals surface area contributed by atoms with Crippen molar-refractivity contribution in [2.24, 2.45) is 0 Å². The van der Waals surface area contributed by atoms with Crippen molar-refractivity contribution in [2.75, 3.05) is 19.8 Å². The summed E-state index contributed by atoms with van der Waals surface area (Å²) in [5.74, 6) is 2.75. The molecule has 3 nitrogen and oxygen atoms in total. The average Bonchev–Trinajstić information content (AvgIpc) is 2.82. The molecule has 0 N–H and O–H groups in total. The molecule has 31 heavy (non-hydrogen) atoms. The standard InChI is InChI=1S/C27H33O3S/c1-4-19-28-22-7-13-25(14-8-22)31(26-15-9-23(10-16-26)29-20-5-2)27-17-11-24(12-18-27)30-21-6-3/h7-18H,4-6,19-21H2,1-3H3/q+1. The van der Waals surface area contributed by atoms with Crippen molar-refractivity contribution in [1.82, 2.24) is 0 Å². The van der Waals surface area contributed by atoms with Gasteiger partial charge in [0.15, 0.2) is 14.7 Å². The normalized spacial score (nSPS) is 10.8. The zero-order valence-electron chi connectivity index (χ0n) is 18.8. The zero-order valence-corrected chi connectivity index (χ0v) is 19.6. The van der Waals surface area contributed by atoms with Crippen molar-refractivity contribution in [2.45, 2.75) is 54.7 Å². The third-order valence-electron chi connectivity index (χ3n) is 4.60. The molecule has 0 fully saturated rings. The molecule has 4 heteroatoms. The van der Waals surface area contributed by atoms with E-state index in [-0.39, 0.29) is 10.9 Å². The minimum absolute atomic E-state index is 0.223. The van der Waals surface area contributed by atoms with Gasteiger partial charge in [-0.15, -0.1) is 0 Å². The predicted molar refractivity (Wildman–Crippen MR) is 129 cm³/mol. The average molecular weight is 438 g/mol. The van der Waals surface area contributed by atoms with Gasteiger partial charge in [-0.2, -0.15) is 0 Å². The summed E-state index contributed by atoms with van der Waals surface area (Å²) in [6, 6.07) is 25.5. The molecule has 0 amide bonds. The molecule has 3 rings (SSSR count). The lowest BCUT2D eigenvalue weighted by Crippen LogP contribution is -2.06. The van der Waals surface area contributed by atoms with Crippen LogP contribution in [0.4, 0.5) is 0 Å². The van der Waals surface area contributed by atoms with E-state index in [0.29, 0.717) is 0 Å². The van der Waals surface area contributed by atoms with Gasteiger partial charge in [0.2, 0.25) is 0 Å². The summed E-state index contributed by atoms with van der Waals surface area (Å²) in [6.45, 7) is 8.57. The van der Waals surface area contributed by atoms with E-state index in [0.717, 1.165) is 56.3 Å². The molecule has 3 aromatic carbocycles. The van der Waals surface area contributed by atoms with E-state index in [1.807, 2.05) is 0 Å². The number of ether oxygens (including phenoxy) is 3. The van der Waals surface area contributed by atoms with Crippen LogP contribution >= 0.6 is 0 Å². The van der Waals surface area contributed by atoms with Crippen molar-refractivity contribution in [3.8, 4) is 17.2 Å². The van der Waals surface area contributed by atoms with Crippen LogP contribution in [-0.4, -0.2) is 19.8 Å². The van der Waals surface area contributed by atoms with E-state index in [4.69, 9.17) is 14.2 Å². The molecular formula is C27H33O3S+. The van der Waals surface area contributed by atoms with Crippen LogP contribution in [0.15, 0.2) is 87.5 Å². The van der Waals surface area contributed by atoms with Crippen LogP contribution in [0.3, 0.4) is 0 Å². The Morgan fingerprint density at radius 1 is 0.452 bits per heavy atom. The lowest BCUT2D eigenvalue weighted by atomic mass is 10.3. The van der Waals surface area contributed by atoms with E-state index in [1.165, 1.54) is 14.7 Å². The van der Waals surface area contributed by atoms with Gasteiger partial charge < -0.3 is 14.2 Å². The Bertz CT molecular complexity index is 767. The molecule has 0 radical (unpaired) electrons. The summed E-state index contributed by atoms with van der Waals surface area (Å²) < 4.78 is 17.3. The molecule has 0 saturated heterocycles. The molecule has 0 saturated carbocycles. The lowest BCUT2D eigenvalue weighted by Gasteiger charge is -2.11. The van der Waals surface area contributed by atoms with Gasteiger partial charge in [-0.3, -0.25) is 0 Å². The van der Waals surface area contributed by atoms with Gasteiger partial charge in [-0.05, 0) is 92.1 Å². The van der Waals surface area contributed by atoms with Crippen molar-refractivity contribution in [3.05, 3.63) is 72.8 Å². The summed E-state index contributed by atoms with van der Waals surface area (Å²) in [7, 11) is -0.223. The summed E-state index contributed by atoms with van der Waals surface area (Å²) in [5, 5.41) is 0. The first-order valence-corrected chi connectivity index (χ1v) is 12.4. The van der Waals surface area contributed by atoms with Gasteiger partial charge in [-0.25, -0.2) is 0 Å². The topological polar surface area (TPSA) is 27.7 Å². The van der Waals surface area contributed by atoms with Crippen LogP contribution in [0.5, 0.6) is 17.2 Å². The van der Waals surface area contributed by atoms with Crippen LogP contribution in [-0.2, 0) is 10.9 Å². The van der Waals surface area contributed by atoms with Gasteiger partial charge in [0, 0.05) is 0 Å². The summed E-state index contributed by atoms with van der Waals surface area (Å²) in [4.78, 5) is 3.77. The highest BCUT2D eigenvalue weighted by atomic mass is 32.2. The Kier molecular flexibility index (Phi) is 9.16. The van der Waals surface area contributed by atoms with E-state index in [1.54, 1.807) is 0 Å². The molecule has 0 bridgehead atoms. The number of hydrogen-bond donors (Lipinski definition) is 0. The Hall–Kier alpha value is -2.59. The molecule has 0 unspecified atom stereocenters. The summed E-state index contributed by atoms with van der Waals surface area (Å²) in [5.41, 5.74) is 0. The SMILES string of the molecule is CCCOc1ccc([S+](c2ccc(OCCC)cc2)c2ccc(OCCC)cc2)cc1. The number of hydrogen-bond acceptors (Lipinski definition) is 3. The first kappa shape index (κ1) is 23.1. The molecule has 0 heterocycles. The third-order valence-corrected chi connectivity index (χ3v) is 6.83. The molecule has 0 aliphatic heterocycles. The molecule has 164 valence electrons. The van der Waals surface area contributed by atoms with Gasteiger partial charge >= 0.3 is 0 Å². The van der Waals surface area contributed by atoms with Crippen LogP contribution in [0, 0.1) is 0 Å². The fraction of sp³-hybridized carbons (Fsp3) is 0.333. The monoisotopic (exact) mass is 437 g/mol. The Labute approximate surface area is 189 Å². The van der Waals surface area contributed by atoms with E-state index < -0.39 is 0 Å². The van der Waals surface area contributed by atoms with Gasteiger partial charge in [0.1, 0.15) is 17.2 Å². The van der Waals surface area contributed by atoms with E-state index in [9.17, 15) is 0 Å². The fourth-order valence-corrected chi connectivity index (χ4v) is 5.13. The lowest BCUT2D eigenvalue weighted by molar-refractivity contribution is 0.317. The Morgan fingerprint density at radius 2 is 0.710 bits per heavy atom. The maximum atomic E-state index is 5.78. The summed E-state index contributed by atoms with van der Waals surface area (Å²) >= 11 is 0. The second kappa shape index (κ2) is 12.3. The fourth-order valence-electron chi connectivity index (χ4n) is 3.08. The molecule has 0 aliphatic rings. The molecule has 0 aliphatic carbocycles. The highest BCUT2D eigenvalue weighted by Crippen LogP contribution is 2.34. The molecule has 0 aromatic heterocycles. The predicted octanol–water partition coefficient (Wildman–Crippen LogP) is 7.15. The van der Waals surface area contributed by atoms with Crippen LogP contribution in [0.2, 0.25) is 0 Å². The van der Waals surface area contributed by atoms with Gasteiger partial charge in [-0.1, -0.05) is 20.8 Å². The number of benzene rings is 3. The van der Waals surface area contributed by atoms with E-state index in [2.05, 4.69) is 93.6 Å². The zero-order chi connectivity index (χ0) is 21.9. The summed E-state index contributed by atoms with van der Waals surface area (Å²) in [6.07, 6.45) is 3.01. The smallest absolute Gasteiger partial charge is 0.166 e. The van der Waals surface area contributed by atoms with Crippen molar-refractivity contribution < 1.29 is 14.2 Å². The highest BCUT2D eigenvalue weighted by molar-refractivity contribution is 7.97. The number of rotatable bonds is 12. The molecular weight excluding hydrogens is 404 g/mol. The molecule has 0 spiro atoms. The maximum absolute atomic E-state index is 5.78. The van der Waals surface area contributed by atoms with Gasteiger partial charge in [0.05, 0.1) is 30.7 Å². The van der Waals surface area contributed by atoms with Crippen molar-refractivity contribution in [3.63, 3.8) is 0 Å². The third kappa shape index (κ3) is 6.70. The Balaban J connectivity index is 1.90. The second-order valence-corrected chi connectivity index (χ2v) is 9.29. The van der Waals surface area contributed by atoms with Crippen LogP contribution in [0.25, 0.3) is 0 Å². The molecule has 3 aromatic rings. The maximum Gasteiger partial charge on any atom is 0.166 e. The minimum Gasteiger partial charge on any atom is -0.494 e. The van der Waals surface area contributed by atoms with Crippen molar-refractivity contribution >= 4 is 10.9 Å². The largest absolute Gasteiger partial charge is 0.494 e. The van der Waals surface area contributed by atoms with Crippen molar-refractivity contribution in [1.29, 1.82) is 0 Å². The Morgan fingerprint density at radius 3 is 0.935 bits per heavy atom. The van der Waals surface area contributed by atoms with Crippen LogP contribution < -0.4 is 14.2 Å². The van der Waals surface area contributed by atoms with Crippen LogP contribution in [0.1, 0.15) is 40.0 Å². The van der Waals surface area contributed by atoms with Gasteiger partial charge in [0.25, 0.3) is 0 Å². The van der Waals surface area contributed by atoms with E-state index >= 15 is 0 Å². The first-order chi connectivity index (χ1) is 15.2. The molecule has 0 atom stereocenters. The highest BCUT2D eigenvalue weighted by Gasteiger charge is 2.29. The minimum atomic E-state index is -0.223. The second-order valence-electron chi connectivity index (χ2n) is 7.27.